The van der Waals surface area contributed by atoms with Gasteiger partial charge in [-0.3, -0.25) is 4.79 Å². The number of nitrogens with zero attached hydrogens (tertiary/aromatic N) is 1. The van der Waals surface area contributed by atoms with Gasteiger partial charge in [-0.05, 0) is 25.0 Å². The van der Waals surface area contributed by atoms with Gasteiger partial charge >= 0.3 is 0 Å². The van der Waals surface area contributed by atoms with Gasteiger partial charge in [-0.15, -0.1) is 0 Å². The summed E-state index contributed by atoms with van der Waals surface area (Å²) in [5, 5.41) is 0. The molecule has 1 aromatic carbocycles. The highest BCUT2D eigenvalue weighted by Gasteiger charge is 1.98. The molecular weight excluding hydrogens is 198 g/mol. The molecule has 0 fully saturated rings. The third-order valence-electron chi connectivity index (χ3n) is 2.60. The van der Waals surface area contributed by atoms with E-state index < -0.39 is 0 Å². The molecule has 2 nitrogen and oxygen atoms in total. The number of pyridine rings is 1. The number of rotatable bonds is 2. The molecule has 1 heterocycles. The highest BCUT2D eigenvalue weighted by molar-refractivity contribution is 5.22. The molecule has 0 unspecified atom stereocenters. The molecule has 0 aliphatic rings. The zero-order valence-electron chi connectivity index (χ0n) is 9.60. The largest absolute Gasteiger partial charge is 0.311 e. The minimum Gasteiger partial charge on any atom is -0.311 e. The van der Waals surface area contributed by atoms with E-state index in [-0.39, 0.29) is 5.56 Å². The molecule has 0 aliphatic heterocycles. The molecule has 0 radical (unpaired) electrons. The Kier molecular flexibility index (Phi) is 2.91. The summed E-state index contributed by atoms with van der Waals surface area (Å²) in [6.07, 6.45) is 1.89. The Morgan fingerprint density at radius 2 is 1.56 bits per heavy atom. The molecule has 0 saturated heterocycles. The first kappa shape index (κ1) is 10.7. The van der Waals surface area contributed by atoms with Crippen LogP contribution in [0.15, 0.2) is 47.4 Å². The minimum atomic E-state index is 0.0474. The van der Waals surface area contributed by atoms with Crippen molar-refractivity contribution in [3.63, 3.8) is 0 Å². The molecule has 0 atom stereocenters. The van der Waals surface area contributed by atoms with Crippen LogP contribution in [0.3, 0.4) is 0 Å². The fourth-order valence-electron chi connectivity index (χ4n) is 1.66. The van der Waals surface area contributed by atoms with Crippen molar-refractivity contribution in [3.8, 4) is 0 Å². The Balaban J connectivity index is 2.30. The maximum Gasteiger partial charge on any atom is 0.250 e. The first-order valence-electron chi connectivity index (χ1n) is 5.38. The lowest BCUT2D eigenvalue weighted by Gasteiger charge is -2.06. The zero-order valence-corrected chi connectivity index (χ0v) is 9.60. The predicted octanol–water partition coefficient (Wildman–Crippen LogP) is 2.51. The molecule has 16 heavy (non-hydrogen) atoms. The number of benzene rings is 1. The van der Waals surface area contributed by atoms with Gasteiger partial charge in [0.1, 0.15) is 0 Å². The molecular formula is C14H15NO. The van der Waals surface area contributed by atoms with Gasteiger partial charge in [0.05, 0.1) is 6.54 Å². The second-order valence-corrected chi connectivity index (χ2v) is 4.16. The van der Waals surface area contributed by atoms with Gasteiger partial charge in [-0.25, -0.2) is 0 Å². The van der Waals surface area contributed by atoms with E-state index in [0.29, 0.717) is 6.54 Å². The van der Waals surface area contributed by atoms with Gasteiger partial charge in [-0.2, -0.15) is 0 Å². The van der Waals surface area contributed by atoms with Crippen molar-refractivity contribution in [1.82, 2.24) is 4.57 Å². The Morgan fingerprint density at radius 1 is 0.938 bits per heavy atom. The van der Waals surface area contributed by atoms with E-state index in [1.807, 2.05) is 19.2 Å². The molecule has 1 aromatic heterocycles. The van der Waals surface area contributed by atoms with Crippen molar-refractivity contribution in [3.05, 3.63) is 69.6 Å². The lowest BCUT2D eigenvalue weighted by atomic mass is 10.1. The Hall–Kier alpha value is -1.83. The summed E-state index contributed by atoms with van der Waals surface area (Å²) in [6, 6.07) is 11.7. The maximum absolute atomic E-state index is 11.6. The van der Waals surface area contributed by atoms with E-state index in [2.05, 4.69) is 31.2 Å². The van der Waals surface area contributed by atoms with Gasteiger partial charge in [-0.1, -0.05) is 35.9 Å². The van der Waals surface area contributed by atoms with Gasteiger partial charge in [0.15, 0.2) is 0 Å². The second kappa shape index (κ2) is 4.35. The van der Waals surface area contributed by atoms with Crippen LogP contribution in [0, 0.1) is 13.8 Å². The van der Waals surface area contributed by atoms with Gasteiger partial charge in [0, 0.05) is 12.3 Å². The summed E-state index contributed by atoms with van der Waals surface area (Å²) < 4.78 is 1.74. The predicted molar refractivity (Wildman–Crippen MR) is 65.7 cm³/mol. The first-order chi connectivity index (χ1) is 7.65. The van der Waals surface area contributed by atoms with Crippen LogP contribution in [0.1, 0.15) is 16.7 Å². The maximum atomic E-state index is 11.6. The molecule has 0 aliphatic carbocycles. The van der Waals surface area contributed by atoms with Gasteiger partial charge in [0.25, 0.3) is 5.56 Å². The fraction of sp³-hybridized carbons (Fsp3) is 0.214. The number of aromatic nitrogens is 1. The van der Waals surface area contributed by atoms with Crippen LogP contribution in [0.2, 0.25) is 0 Å². The summed E-state index contributed by atoms with van der Waals surface area (Å²) in [5.74, 6) is 0. The number of hydrogen-bond donors (Lipinski definition) is 0. The van der Waals surface area contributed by atoms with Crippen molar-refractivity contribution in [1.29, 1.82) is 0 Å². The van der Waals surface area contributed by atoms with E-state index in [0.717, 1.165) is 11.1 Å². The normalized spacial score (nSPS) is 10.4. The average molecular weight is 213 g/mol. The SMILES string of the molecule is Cc1ccc(Cn2cc(C)ccc2=O)cc1. The molecule has 2 heteroatoms. The molecule has 0 amide bonds. The monoisotopic (exact) mass is 213 g/mol. The van der Waals surface area contributed by atoms with Crippen LogP contribution >= 0.6 is 0 Å². The highest BCUT2D eigenvalue weighted by Crippen LogP contribution is 2.04. The lowest BCUT2D eigenvalue weighted by Crippen LogP contribution is -2.19. The average Bonchev–Trinajstić information content (AvgIpc) is 2.27. The molecule has 0 spiro atoms. The number of hydrogen-bond acceptors (Lipinski definition) is 1. The highest BCUT2D eigenvalue weighted by atomic mass is 16.1. The van der Waals surface area contributed by atoms with Crippen LogP contribution in [0.5, 0.6) is 0 Å². The van der Waals surface area contributed by atoms with Crippen LogP contribution in [-0.4, -0.2) is 4.57 Å². The second-order valence-electron chi connectivity index (χ2n) is 4.16. The summed E-state index contributed by atoms with van der Waals surface area (Å²) in [6.45, 7) is 4.69. The molecule has 0 N–H and O–H groups in total. The van der Waals surface area contributed by atoms with E-state index in [9.17, 15) is 4.79 Å². The third-order valence-corrected chi connectivity index (χ3v) is 2.60. The summed E-state index contributed by atoms with van der Waals surface area (Å²) in [4.78, 5) is 11.6. The summed E-state index contributed by atoms with van der Waals surface area (Å²) in [7, 11) is 0. The van der Waals surface area contributed by atoms with E-state index in [1.165, 1.54) is 5.56 Å². The van der Waals surface area contributed by atoms with Gasteiger partial charge < -0.3 is 4.57 Å². The van der Waals surface area contributed by atoms with Crippen LogP contribution in [0.4, 0.5) is 0 Å². The molecule has 2 aromatic rings. The Bertz CT molecular complexity index is 537. The van der Waals surface area contributed by atoms with Crippen molar-refractivity contribution < 1.29 is 0 Å². The first-order valence-corrected chi connectivity index (χ1v) is 5.38. The smallest absolute Gasteiger partial charge is 0.250 e. The van der Waals surface area contributed by atoms with E-state index >= 15 is 0 Å². The zero-order chi connectivity index (χ0) is 11.5. The van der Waals surface area contributed by atoms with Crippen molar-refractivity contribution in [2.24, 2.45) is 0 Å². The van der Waals surface area contributed by atoms with E-state index in [4.69, 9.17) is 0 Å². The Morgan fingerprint density at radius 3 is 2.25 bits per heavy atom. The summed E-state index contributed by atoms with van der Waals surface area (Å²) in [5.41, 5.74) is 3.54. The minimum absolute atomic E-state index is 0.0474. The summed E-state index contributed by atoms with van der Waals surface area (Å²) >= 11 is 0. The van der Waals surface area contributed by atoms with Crippen molar-refractivity contribution in [2.75, 3.05) is 0 Å². The molecule has 0 bridgehead atoms. The quantitative estimate of drug-likeness (QED) is 0.751. The van der Waals surface area contributed by atoms with Crippen LogP contribution < -0.4 is 5.56 Å². The molecule has 0 saturated carbocycles. The van der Waals surface area contributed by atoms with Crippen molar-refractivity contribution in [2.45, 2.75) is 20.4 Å². The topological polar surface area (TPSA) is 22.0 Å². The number of aryl methyl sites for hydroxylation is 2. The molecule has 2 rings (SSSR count). The van der Waals surface area contributed by atoms with Gasteiger partial charge in [0.2, 0.25) is 0 Å². The lowest BCUT2D eigenvalue weighted by molar-refractivity contribution is 0.754. The van der Waals surface area contributed by atoms with Crippen molar-refractivity contribution >= 4 is 0 Å². The fourth-order valence-corrected chi connectivity index (χ4v) is 1.66. The molecule has 82 valence electrons. The standard InChI is InChI=1S/C14H15NO/c1-11-3-6-13(7-4-11)10-15-9-12(2)5-8-14(15)16/h3-9H,10H2,1-2H3. The van der Waals surface area contributed by atoms with Crippen LogP contribution in [0.25, 0.3) is 0 Å². The Labute approximate surface area is 95.2 Å². The third kappa shape index (κ3) is 2.40. The van der Waals surface area contributed by atoms with E-state index in [1.54, 1.807) is 10.6 Å². The van der Waals surface area contributed by atoms with Crippen LogP contribution in [-0.2, 0) is 6.54 Å².